The van der Waals surface area contributed by atoms with Gasteiger partial charge < -0.3 is 4.74 Å². The molecule has 0 aliphatic carbocycles. The summed E-state index contributed by atoms with van der Waals surface area (Å²) in [5, 5.41) is 0. The SMILES string of the molecule is CCCCCCCCCCc1cnc(-c2ccc(OCC(F)CCCCC)cc2)nc1. The highest BCUT2D eigenvalue weighted by Gasteiger charge is 2.08. The first-order valence-corrected chi connectivity index (χ1v) is 12.4. The molecule has 0 spiro atoms. The molecule has 4 heteroatoms. The number of alkyl halides is 1. The van der Waals surface area contributed by atoms with Gasteiger partial charge in [0.25, 0.3) is 0 Å². The topological polar surface area (TPSA) is 35.0 Å². The van der Waals surface area contributed by atoms with Crippen molar-refractivity contribution in [2.45, 2.75) is 103 Å². The smallest absolute Gasteiger partial charge is 0.159 e. The van der Waals surface area contributed by atoms with Crippen LogP contribution in [0.15, 0.2) is 36.7 Å². The van der Waals surface area contributed by atoms with Crippen molar-refractivity contribution in [1.29, 1.82) is 0 Å². The van der Waals surface area contributed by atoms with Gasteiger partial charge in [-0.2, -0.15) is 0 Å². The van der Waals surface area contributed by atoms with E-state index in [1.807, 2.05) is 36.7 Å². The Morgan fingerprint density at radius 1 is 0.774 bits per heavy atom. The third kappa shape index (κ3) is 10.8. The Labute approximate surface area is 188 Å². The van der Waals surface area contributed by atoms with Crippen LogP contribution in [0, 0.1) is 0 Å². The van der Waals surface area contributed by atoms with E-state index < -0.39 is 6.17 Å². The molecule has 1 heterocycles. The van der Waals surface area contributed by atoms with Crippen LogP contribution in [0.25, 0.3) is 11.4 Å². The molecule has 0 aliphatic heterocycles. The summed E-state index contributed by atoms with van der Waals surface area (Å²) in [4.78, 5) is 9.06. The fourth-order valence-electron chi connectivity index (χ4n) is 3.68. The fraction of sp³-hybridized carbons (Fsp3) is 0.630. The summed E-state index contributed by atoms with van der Waals surface area (Å²) in [7, 11) is 0. The van der Waals surface area contributed by atoms with Crippen LogP contribution in [0.2, 0.25) is 0 Å². The maximum absolute atomic E-state index is 13.8. The highest BCUT2D eigenvalue weighted by atomic mass is 19.1. The molecule has 172 valence electrons. The van der Waals surface area contributed by atoms with Crippen molar-refractivity contribution in [3.63, 3.8) is 0 Å². The van der Waals surface area contributed by atoms with Gasteiger partial charge in [0, 0.05) is 18.0 Å². The predicted octanol–water partition coefficient (Wildman–Crippen LogP) is 8.12. The minimum Gasteiger partial charge on any atom is -0.491 e. The normalized spacial score (nSPS) is 12.1. The summed E-state index contributed by atoms with van der Waals surface area (Å²) in [6.07, 6.45) is 18.3. The number of aryl methyl sites for hydroxylation is 1. The molecule has 31 heavy (non-hydrogen) atoms. The van der Waals surface area contributed by atoms with Crippen LogP contribution in [0.5, 0.6) is 5.75 Å². The van der Waals surface area contributed by atoms with E-state index in [4.69, 9.17) is 4.74 Å². The molecule has 0 bridgehead atoms. The van der Waals surface area contributed by atoms with Gasteiger partial charge in [-0.15, -0.1) is 0 Å². The number of nitrogens with zero attached hydrogens (tertiary/aromatic N) is 2. The molecule has 0 radical (unpaired) electrons. The van der Waals surface area contributed by atoms with Crippen molar-refractivity contribution in [2.24, 2.45) is 0 Å². The van der Waals surface area contributed by atoms with Crippen molar-refractivity contribution < 1.29 is 9.13 Å². The Kier molecular flexibility index (Phi) is 12.9. The zero-order chi connectivity index (χ0) is 22.2. The summed E-state index contributed by atoms with van der Waals surface area (Å²) in [6.45, 7) is 4.50. The zero-order valence-corrected chi connectivity index (χ0v) is 19.6. The molecule has 0 amide bonds. The molecular formula is C27H41FN2O. The average molecular weight is 429 g/mol. The van der Waals surface area contributed by atoms with Crippen LogP contribution < -0.4 is 4.74 Å². The number of hydrogen-bond donors (Lipinski definition) is 0. The lowest BCUT2D eigenvalue weighted by Crippen LogP contribution is -2.12. The Morgan fingerprint density at radius 2 is 1.35 bits per heavy atom. The van der Waals surface area contributed by atoms with Gasteiger partial charge in [-0.05, 0) is 49.1 Å². The van der Waals surface area contributed by atoms with Crippen LogP contribution in [0.4, 0.5) is 4.39 Å². The first-order valence-electron chi connectivity index (χ1n) is 12.4. The highest BCUT2D eigenvalue weighted by Crippen LogP contribution is 2.20. The second-order valence-electron chi connectivity index (χ2n) is 8.57. The molecule has 0 fully saturated rings. The number of rotatable bonds is 17. The van der Waals surface area contributed by atoms with E-state index in [1.54, 1.807) is 0 Å². The minimum absolute atomic E-state index is 0.118. The van der Waals surface area contributed by atoms with Crippen LogP contribution in [-0.4, -0.2) is 22.7 Å². The number of ether oxygens (including phenoxy) is 1. The quantitative estimate of drug-likeness (QED) is 0.239. The lowest BCUT2D eigenvalue weighted by Gasteiger charge is -2.10. The van der Waals surface area contributed by atoms with Crippen molar-refractivity contribution in [3.8, 4) is 17.1 Å². The Morgan fingerprint density at radius 3 is 2.00 bits per heavy atom. The third-order valence-electron chi connectivity index (χ3n) is 5.69. The van der Waals surface area contributed by atoms with Gasteiger partial charge in [0.15, 0.2) is 5.82 Å². The van der Waals surface area contributed by atoms with Gasteiger partial charge in [-0.1, -0.05) is 78.1 Å². The largest absolute Gasteiger partial charge is 0.491 e. The van der Waals surface area contributed by atoms with Gasteiger partial charge in [-0.25, -0.2) is 14.4 Å². The number of benzene rings is 1. The molecule has 0 aliphatic rings. The van der Waals surface area contributed by atoms with Crippen LogP contribution in [0.3, 0.4) is 0 Å². The van der Waals surface area contributed by atoms with E-state index in [0.29, 0.717) is 18.0 Å². The summed E-state index contributed by atoms with van der Waals surface area (Å²) < 4.78 is 19.4. The van der Waals surface area contributed by atoms with Gasteiger partial charge in [0.1, 0.15) is 18.5 Å². The molecule has 1 unspecified atom stereocenters. The minimum atomic E-state index is -0.900. The summed E-state index contributed by atoms with van der Waals surface area (Å²) in [6, 6.07) is 7.61. The molecule has 0 saturated carbocycles. The summed E-state index contributed by atoms with van der Waals surface area (Å²) >= 11 is 0. The lowest BCUT2D eigenvalue weighted by atomic mass is 10.1. The molecule has 1 atom stereocenters. The van der Waals surface area contributed by atoms with Crippen molar-refractivity contribution in [1.82, 2.24) is 9.97 Å². The van der Waals surface area contributed by atoms with Gasteiger partial charge in [0.2, 0.25) is 0 Å². The third-order valence-corrected chi connectivity index (χ3v) is 5.69. The van der Waals surface area contributed by atoms with Gasteiger partial charge in [-0.3, -0.25) is 0 Å². The van der Waals surface area contributed by atoms with E-state index in [-0.39, 0.29) is 6.61 Å². The van der Waals surface area contributed by atoms with Crippen molar-refractivity contribution >= 4 is 0 Å². The first-order chi connectivity index (χ1) is 15.2. The van der Waals surface area contributed by atoms with E-state index in [1.165, 1.54) is 56.9 Å². The van der Waals surface area contributed by atoms with Crippen molar-refractivity contribution in [2.75, 3.05) is 6.61 Å². The standard InChI is InChI=1S/C27H41FN2O/c1-3-5-7-8-9-10-11-13-14-23-20-29-27(30-21-23)24-16-18-26(19-17-24)31-22-25(28)15-12-6-4-2/h16-21,25H,3-15,22H2,1-2H3. The highest BCUT2D eigenvalue weighted by molar-refractivity contribution is 5.55. The lowest BCUT2D eigenvalue weighted by molar-refractivity contribution is 0.184. The second-order valence-corrected chi connectivity index (χ2v) is 8.57. The zero-order valence-electron chi connectivity index (χ0n) is 19.6. The second kappa shape index (κ2) is 15.8. The van der Waals surface area contributed by atoms with E-state index in [9.17, 15) is 4.39 Å². The molecule has 1 aromatic carbocycles. The molecule has 1 aromatic heterocycles. The Balaban J connectivity index is 1.68. The Hall–Kier alpha value is -1.97. The monoisotopic (exact) mass is 428 g/mol. The van der Waals surface area contributed by atoms with Gasteiger partial charge in [0.05, 0.1) is 0 Å². The number of hydrogen-bond acceptors (Lipinski definition) is 3. The predicted molar refractivity (Wildman–Crippen MR) is 128 cm³/mol. The number of unbranched alkanes of at least 4 members (excludes halogenated alkanes) is 9. The van der Waals surface area contributed by atoms with Crippen molar-refractivity contribution in [3.05, 3.63) is 42.2 Å². The van der Waals surface area contributed by atoms with Crippen LogP contribution >= 0.6 is 0 Å². The number of halogens is 1. The molecule has 2 aromatic rings. The average Bonchev–Trinajstić information content (AvgIpc) is 2.80. The summed E-state index contributed by atoms with van der Waals surface area (Å²) in [5.74, 6) is 1.40. The Bertz CT molecular complexity index is 687. The van der Waals surface area contributed by atoms with Crippen LogP contribution in [-0.2, 0) is 6.42 Å². The summed E-state index contributed by atoms with van der Waals surface area (Å²) in [5.41, 5.74) is 2.15. The molecule has 3 nitrogen and oxygen atoms in total. The maximum atomic E-state index is 13.8. The maximum Gasteiger partial charge on any atom is 0.159 e. The number of aromatic nitrogens is 2. The van der Waals surface area contributed by atoms with E-state index in [2.05, 4.69) is 23.8 Å². The van der Waals surface area contributed by atoms with E-state index in [0.717, 1.165) is 31.2 Å². The van der Waals surface area contributed by atoms with E-state index >= 15 is 0 Å². The fourth-order valence-corrected chi connectivity index (χ4v) is 3.68. The van der Waals surface area contributed by atoms with Crippen LogP contribution in [0.1, 0.15) is 96.5 Å². The molecule has 0 saturated heterocycles. The molecule has 0 N–H and O–H groups in total. The first kappa shape index (κ1) is 25.3. The van der Waals surface area contributed by atoms with Gasteiger partial charge >= 0.3 is 0 Å². The molecule has 2 rings (SSSR count). The molecular weight excluding hydrogens is 387 g/mol.